The average Bonchev–Trinajstić information content (AvgIpc) is 2.94. The zero-order valence-corrected chi connectivity index (χ0v) is 14.2. The largest absolute Gasteiger partial charge is 0.370 e. The van der Waals surface area contributed by atoms with Gasteiger partial charge in [0.25, 0.3) is 5.91 Å². The number of amides is 1. The van der Waals surface area contributed by atoms with Crippen LogP contribution in [0.4, 0.5) is 0 Å². The summed E-state index contributed by atoms with van der Waals surface area (Å²) in [6, 6.07) is 11.3. The van der Waals surface area contributed by atoms with Crippen molar-refractivity contribution in [2.75, 3.05) is 19.7 Å². The Morgan fingerprint density at radius 3 is 2.71 bits per heavy atom. The van der Waals surface area contributed by atoms with E-state index in [-0.39, 0.29) is 12.0 Å². The zero-order valence-electron chi connectivity index (χ0n) is 11.1. The molecule has 0 spiro atoms. The Bertz CT molecular complexity index is 643. The van der Waals surface area contributed by atoms with E-state index in [1.165, 1.54) is 11.3 Å². The first kappa shape index (κ1) is 15.0. The van der Waals surface area contributed by atoms with E-state index in [4.69, 9.17) is 16.3 Å². The third-order valence-corrected chi connectivity index (χ3v) is 5.24. The number of halogens is 2. The van der Waals surface area contributed by atoms with Gasteiger partial charge >= 0.3 is 0 Å². The molecular formula is C15H13BrClNO2S. The van der Waals surface area contributed by atoms with Gasteiger partial charge in [0.15, 0.2) is 0 Å². The predicted molar refractivity (Wildman–Crippen MR) is 88.1 cm³/mol. The van der Waals surface area contributed by atoms with Gasteiger partial charge in [-0.2, -0.15) is 0 Å². The number of ether oxygens (including phenoxy) is 1. The molecule has 2 heterocycles. The highest BCUT2D eigenvalue weighted by Gasteiger charge is 2.26. The number of rotatable bonds is 2. The number of nitrogens with zero attached hydrogens (tertiary/aromatic N) is 1. The second-order valence-corrected chi connectivity index (χ2v) is 7.67. The maximum Gasteiger partial charge on any atom is 0.264 e. The van der Waals surface area contributed by atoms with Crippen LogP contribution in [0.5, 0.6) is 0 Å². The van der Waals surface area contributed by atoms with E-state index in [0.717, 1.165) is 14.2 Å². The van der Waals surface area contributed by atoms with Crippen molar-refractivity contribution in [2.24, 2.45) is 0 Å². The monoisotopic (exact) mass is 385 g/mol. The Kier molecular flexibility index (Phi) is 4.64. The smallest absolute Gasteiger partial charge is 0.264 e. The standard InChI is InChI=1S/C15H13BrClNO2S/c16-14-6-5-13(21-14)15(19)18-7-8-20-12(9-18)10-1-3-11(17)4-2-10/h1-6,12H,7-9H2. The Hall–Kier alpha value is -0.880. The molecule has 3 rings (SSSR count). The van der Waals surface area contributed by atoms with E-state index in [2.05, 4.69) is 15.9 Å². The fraction of sp³-hybridized carbons (Fsp3) is 0.267. The highest BCUT2D eigenvalue weighted by atomic mass is 79.9. The van der Waals surface area contributed by atoms with Crippen molar-refractivity contribution in [3.8, 4) is 0 Å². The Morgan fingerprint density at radius 1 is 1.29 bits per heavy atom. The molecule has 0 saturated carbocycles. The van der Waals surface area contributed by atoms with E-state index in [0.29, 0.717) is 24.7 Å². The molecular weight excluding hydrogens is 374 g/mol. The third-order valence-electron chi connectivity index (χ3n) is 3.38. The molecule has 1 amide bonds. The zero-order chi connectivity index (χ0) is 14.8. The molecule has 110 valence electrons. The van der Waals surface area contributed by atoms with E-state index < -0.39 is 0 Å². The van der Waals surface area contributed by atoms with E-state index in [1.54, 1.807) is 0 Å². The van der Waals surface area contributed by atoms with Gasteiger partial charge in [-0.15, -0.1) is 11.3 Å². The summed E-state index contributed by atoms with van der Waals surface area (Å²) in [6.45, 7) is 1.74. The van der Waals surface area contributed by atoms with Crippen LogP contribution in [0.25, 0.3) is 0 Å². The first-order chi connectivity index (χ1) is 10.1. The molecule has 1 aromatic carbocycles. The van der Waals surface area contributed by atoms with Gasteiger partial charge in [-0.1, -0.05) is 23.7 Å². The van der Waals surface area contributed by atoms with Crippen LogP contribution in [-0.2, 0) is 4.74 Å². The average molecular weight is 387 g/mol. The SMILES string of the molecule is O=C(c1ccc(Br)s1)N1CCOC(c2ccc(Cl)cc2)C1. The number of carbonyl (C=O) groups excluding carboxylic acids is 1. The molecule has 3 nitrogen and oxygen atoms in total. The predicted octanol–water partition coefficient (Wildman–Crippen LogP) is 4.38. The minimum Gasteiger partial charge on any atom is -0.370 e. The molecule has 21 heavy (non-hydrogen) atoms. The molecule has 0 bridgehead atoms. The number of hydrogen-bond donors (Lipinski definition) is 0. The number of thiophene rings is 1. The summed E-state index contributed by atoms with van der Waals surface area (Å²) < 4.78 is 6.75. The van der Waals surface area contributed by atoms with E-state index in [1.807, 2.05) is 41.3 Å². The highest BCUT2D eigenvalue weighted by Crippen LogP contribution is 2.27. The van der Waals surface area contributed by atoms with Gasteiger partial charge < -0.3 is 9.64 Å². The molecule has 1 unspecified atom stereocenters. The van der Waals surface area contributed by atoms with Crippen molar-refractivity contribution in [3.05, 3.63) is 55.6 Å². The summed E-state index contributed by atoms with van der Waals surface area (Å²) in [5.41, 5.74) is 1.05. The first-order valence-electron chi connectivity index (χ1n) is 6.55. The number of benzene rings is 1. The van der Waals surface area contributed by atoms with Gasteiger partial charge in [-0.05, 0) is 45.8 Å². The summed E-state index contributed by atoms with van der Waals surface area (Å²) in [5, 5.41) is 0.700. The molecule has 1 atom stereocenters. The molecule has 1 fully saturated rings. The maximum atomic E-state index is 12.5. The summed E-state index contributed by atoms with van der Waals surface area (Å²) in [5.74, 6) is 0.0629. The second-order valence-electron chi connectivity index (χ2n) is 4.77. The molecule has 2 aromatic rings. The maximum absolute atomic E-state index is 12.5. The lowest BCUT2D eigenvalue weighted by Crippen LogP contribution is -2.42. The Morgan fingerprint density at radius 2 is 2.05 bits per heavy atom. The number of hydrogen-bond acceptors (Lipinski definition) is 3. The summed E-state index contributed by atoms with van der Waals surface area (Å²) in [4.78, 5) is 15.1. The van der Waals surface area contributed by atoms with Crippen LogP contribution in [-0.4, -0.2) is 30.5 Å². The van der Waals surface area contributed by atoms with Gasteiger partial charge in [-0.25, -0.2) is 0 Å². The molecule has 1 saturated heterocycles. The quantitative estimate of drug-likeness (QED) is 0.766. The van der Waals surface area contributed by atoms with Crippen LogP contribution in [0.3, 0.4) is 0 Å². The van der Waals surface area contributed by atoms with Gasteiger partial charge in [0.2, 0.25) is 0 Å². The van der Waals surface area contributed by atoms with Gasteiger partial charge in [0.05, 0.1) is 21.8 Å². The van der Waals surface area contributed by atoms with Crippen molar-refractivity contribution in [2.45, 2.75) is 6.10 Å². The molecule has 0 radical (unpaired) electrons. The minimum atomic E-state index is -0.0941. The topological polar surface area (TPSA) is 29.5 Å². The molecule has 0 N–H and O–H groups in total. The fourth-order valence-electron chi connectivity index (χ4n) is 2.30. The van der Waals surface area contributed by atoms with Crippen LogP contribution in [0.2, 0.25) is 5.02 Å². The van der Waals surface area contributed by atoms with E-state index >= 15 is 0 Å². The molecule has 0 aliphatic carbocycles. The molecule has 6 heteroatoms. The highest BCUT2D eigenvalue weighted by molar-refractivity contribution is 9.11. The summed E-state index contributed by atoms with van der Waals surface area (Å²) in [7, 11) is 0. The van der Waals surface area contributed by atoms with Crippen LogP contribution < -0.4 is 0 Å². The van der Waals surface area contributed by atoms with Crippen molar-refractivity contribution in [3.63, 3.8) is 0 Å². The molecule has 1 aliphatic heterocycles. The van der Waals surface area contributed by atoms with Crippen molar-refractivity contribution in [1.29, 1.82) is 0 Å². The van der Waals surface area contributed by atoms with Crippen molar-refractivity contribution in [1.82, 2.24) is 4.90 Å². The second kappa shape index (κ2) is 6.48. The Balaban J connectivity index is 1.73. The van der Waals surface area contributed by atoms with Crippen LogP contribution >= 0.6 is 38.9 Å². The van der Waals surface area contributed by atoms with Crippen LogP contribution in [0.15, 0.2) is 40.2 Å². The minimum absolute atomic E-state index is 0.0629. The van der Waals surface area contributed by atoms with Crippen LogP contribution in [0, 0.1) is 0 Å². The molecule has 1 aliphatic rings. The Labute approximate surface area is 140 Å². The third kappa shape index (κ3) is 3.48. The van der Waals surface area contributed by atoms with Crippen molar-refractivity contribution < 1.29 is 9.53 Å². The molecule has 1 aromatic heterocycles. The van der Waals surface area contributed by atoms with Crippen LogP contribution in [0.1, 0.15) is 21.3 Å². The lowest BCUT2D eigenvalue weighted by Gasteiger charge is -2.33. The van der Waals surface area contributed by atoms with Crippen molar-refractivity contribution >= 4 is 44.8 Å². The van der Waals surface area contributed by atoms with E-state index in [9.17, 15) is 4.79 Å². The van der Waals surface area contributed by atoms with Gasteiger partial charge in [0, 0.05) is 11.6 Å². The van der Waals surface area contributed by atoms with Gasteiger partial charge in [0.1, 0.15) is 6.10 Å². The fourth-order valence-corrected chi connectivity index (χ4v) is 3.78. The summed E-state index contributed by atoms with van der Waals surface area (Å²) in [6.07, 6.45) is -0.0941. The first-order valence-corrected chi connectivity index (χ1v) is 8.54. The van der Waals surface area contributed by atoms with Gasteiger partial charge in [-0.3, -0.25) is 4.79 Å². The lowest BCUT2D eigenvalue weighted by molar-refractivity contribution is -0.0226. The summed E-state index contributed by atoms with van der Waals surface area (Å²) >= 11 is 10.7. The normalized spacial score (nSPS) is 18.8. The number of morpholine rings is 1. The lowest BCUT2D eigenvalue weighted by atomic mass is 10.1. The number of carbonyl (C=O) groups is 1.